The largest absolute Gasteiger partial charge is 0.389 e. The minimum atomic E-state index is -0.821. The van der Waals surface area contributed by atoms with E-state index < -0.39 is 12.8 Å². The van der Waals surface area contributed by atoms with Crippen LogP contribution in [0.5, 0.6) is 0 Å². The molecule has 1 saturated heterocycles. The van der Waals surface area contributed by atoms with Crippen LogP contribution in [-0.2, 0) is 0 Å². The van der Waals surface area contributed by atoms with Gasteiger partial charge >= 0.3 is 0 Å². The van der Waals surface area contributed by atoms with E-state index in [0.29, 0.717) is 18.6 Å². The van der Waals surface area contributed by atoms with E-state index in [9.17, 15) is 9.50 Å². The van der Waals surface area contributed by atoms with E-state index in [1.807, 2.05) is 0 Å². The van der Waals surface area contributed by atoms with Gasteiger partial charge in [-0.1, -0.05) is 0 Å². The third-order valence-electron chi connectivity index (χ3n) is 3.08. The van der Waals surface area contributed by atoms with Crippen LogP contribution in [0.4, 0.5) is 4.39 Å². The van der Waals surface area contributed by atoms with Crippen LogP contribution in [0.15, 0.2) is 0 Å². The molecule has 0 spiro atoms. The van der Waals surface area contributed by atoms with E-state index in [4.69, 9.17) is 0 Å². The van der Waals surface area contributed by atoms with Crippen molar-refractivity contribution in [2.45, 2.75) is 32.0 Å². The second-order valence-corrected chi connectivity index (χ2v) is 4.39. The summed E-state index contributed by atoms with van der Waals surface area (Å²) in [5, 5.41) is 9.22. The number of aliphatic hydroxyl groups is 1. The SMILES string of the molecule is CC1CN(CC(O)CF)CC(C)N1C. The lowest BCUT2D eigenvalue weighted by molar-refractivity contribution is 0.0221. The molecule has 4 heteroatoms. The number of halogens is 1. The first-order valence-corrected chi connectivity index (χ1v) is 5.23. The molecule has 14 heavy (non-hydrogen) atoms. The van der Waals surface area contributed by atoms with Crippen molar-refractivity contribution in [1.82, 2.24) is 9.80 Å². The smallest absolute Gasteiger partial charge is 0.117 e. The predicted molar refractivity (Wildman–Crippen MR) is 55.1 cm³/mol. The highest BCUT2D eigenvalue weighted by atomic mass is 19.1. The van der Waals surface area contributed by atoms with Gasteiger partial charge in [0.05, 0.1) is 6.10 Å². The van der Waals surface area contributed by atoms with Crippen molar-refractivity contribution in [3.8, 4) is 0 Å². The van der Waals surface area contributed by atoms with Crippen molar-refractivity contribution < 1.29 is 9.50 Å². The Morgan fingerprint density at radius 2 is 1.86 bits per heavy atom. The van der Waals surface area contributed by atoms with Crippen molar-refractivity contribution in [1.29, 1.82) is 0 Å². The molecule has 0 aliphatic carbocycles. The molecule has 3 nitrogen and oxygen atoms in total. The quantitative estimate of drug-likeness (QED) is 0.718. The number of hydrogen-bond donors (Lipinski definition) is 1. The Labute approximate surface area is 85.5 Å². The highest BCUT2D eigenvalue weighted by Crippen LogP contribution is 2.13. The van der Waals surface area contributed by atoms with Crippen LogP contribution in [-0.4, -0.2) is 66.5 Å². The second kappa shape index (κ2) is 5.05. The third-order valence-corrected chi connectivity index (χ3v) is 3.08. The van der Waals surface area contributed by atoms with Gasteiger partial charge in [-0.25, -0.2) is 4.39 Å². The summed E-state index contributed by atoms with van der Waals surface area (Å²) >= 11 is 0. The zero-order chi connectivity index (χ0) is 10.7. The first-order valence-electron chi connectivity index (χ1n) is 5.23. The maximum Gasteiger partial charge on any atom is 0.117 e. The Bertz CT molecular complexity index is 165. The molecule has 1 rings (SSSR count). The van der Waals surface area contributed by atoms with Gasteiger partial charge in [0.2, 0.25) is 0 Å². The first-order chi connectivity index (χ1) is 6.54. The van der Waals surface area contributed by atoms with Gasteiger partial charge in [0.25, 0.3) is 0 Å². The molecule has 0 saturated carbocycles. The maximum atomic E-state index is 12.1. The summed E-state index contributed by atoms with van der Waals surface area (Å²) < 4.78 is 12.1. The van der Waals surface area contributed by atoms with E-state index in [-0.39, 0.29) is 0 Å². The Kier molecular flexibility index (Phi) is 4.29. The summed E-state index contributed by atoms with van der Waals surface area (Å²) in [6, 6.07) is 0.955. The van der Waals surface area contributed by atoms with Crippen molar-refractivity contribution in [2.75, 3.05) is 33.4 Å². The second-order valence-electron chi connectivity index (χ2n) is 4.39. The molecule has 0 aromatic heterocycles. The Morgan fingerprint density at radius 1 is 1.36 bits per heavy atom. The zero-order valence-corrected chi connectivity index (χ0v) is 9.28. The zero-order valence-electron chi connectivity index (χ0n) is 9.28. The fraction of sp³-hybridized carbons (Fsp3) is 1.00. The van der Waals surface area contributed by atoms with Gasteiger partial charge in [-0.3, -0.25) is 9.80 Å². The van der Waals surface area contributed by atoms with Crippen molar-refractivity contribution in [2.24, 2.45) is 0 Å². The summed E-state index contributed by atoms with van der Waals surface area (Å²) in [5.74, 6) is 0. The molecule has 0 amide bonds. The number of aliphatic hydroxyl groups excluding tert-OH is 1. The number of hydrogen-bond acceptors (Lipinski definition) is 3. The van der Waals surface area contributed by atoms with Gasteiger partial charge in [0, 0.05) is 31.7 Å². The van der Waals surface area contributed by atoms with Crippen LogP contribution in [0.25, 0.3) is 0 Å². The van der Waals surface area contributed by atoms with Crippen LogP contribution in [0.2, 0.25) is 0 Å². The minimum absolute atomic E-state index is 0.457. The van der Waals surface area contributed by atoms with E-state index >= 15 is 0 Å². The van der Waals surface area contributed by atoms with E-state index in [2.05, 4.69) is 30.7 Å². The minimum Gasteiger partial charge on any atom is -0.389 e. The number of nitrogens with zero attached hydrogens (tertiary/aromatic N) is 2. The molecule has 1 N–H and O–H groups in total. The summed E-state index contributed by atoms with van der Waals surface area (Å²) in [6.45, 7) is 5.96. The molecule has 1 aliphatic heterocycles. The van der Waals surface area contributed by atoms with Crippen molar-refractivity contribution >= 4 is 0 Å². The molecule has 3 unspecified atom stereocenters. The molecule has 0 radical (unpaired) electrons. The Balaban J connectivity index is 2.41. The van der Waals surface area contributed by atoms with E-state index in [1.54, 1.807) is 0 Å². The van der Waals surface area contributed by atoms with Gasteiger partial charge in [-0.15, -0.1) is 0 Å². The molecule has 1 heterocycles. The lowest BCUT2D eigenvalue weighted by Gasteiger charge is -2.42. The fourth-order valence-electron chi connectivity index (χ4n) is 2.01. The molecule has 0 aromatic rings. The Hall–Kier alpha value is -0.190. The van der Waals surface area contributed by atoms with Crippen LogP contribution in [0.3, 0.4) is 0 Å². The molecule has 0 aromatic carbocycles. The molecule has 1 fully saturated rings. The van der Waals surface area contributed by atoms with E-state index in [1.165, 1.54) is 0 Å². The first kappa shape index (κ1) is 11.9. The average Bonchev–Trinajstić information content (AvgIpc) is 2.14. The molecular formula is C10H21FN2O. The van der Waals surface area contributed by atoms with Gasteiger partial charge in [0.15, 0.2) is 0 Å². The standard InChI is InChI=1S/C10H21FN2O/c1-8-5-13(7-10(14)4-11)6-9(2)12(8)3/h8-10,14H,4-7H2,1-3H3. The molecular weight excluding hydrogens is 183 g/mol. The van der Waals surface area contributed by atoms with E-state index in [0.717, 1.165) is 13.1 Å². The number of piperazine rings is 1. The predicted octanol–water partition coefficient (Wildman–Crippen LogP) is 0.341. The van der Waals surface area contributed by atoms with Gasteiger partial charge < -0.3 is 5.11 Å². The fourth-order valence-corrected chi connectivity index (χ4v) is 2.01. The molecule has 0 bridgehead atoms. The van der Waals surface area contributed by atoms with Crippen LogP contribution in [0.1, 0.15) is 13.8 Å². The number of alkyl halides is 1. The number of rotatable bonds is 3. The van der Waals surface area contributed by atoms with Crippen molar-refractivity contribution in [3.63, 3.8) is 0 Å². The lowest BCUT2D eigenvalue weighted by Crippen LogP contribution is -2.56. The van der Waals surface area contributed by atoms with Gasteiger partial charge in [-0.2, -0.15) is 0 Å². The topological polar surface area (TPSA) is 26.7 Å². The average molecular weight is 204 g/mol. The molecule has 84 valence electrons. The normalized spacial score (nSPS) is 33.2. The Morgan fingerprint density at radius 3 is 2.29 bits per heavy atom. The third kappa shape index (κ3) is 2.90. The summed E-state index contributed by atoms with van der Waals surface area (Å²) in [4.78, 5) is 4.46. The summed E-state index contributed by atoms with van der Waals surface area (Å²) in [5.41, 5.74) is 0. The maximum absolute atomic E-state index is 12.1. The molecule has 1 aliphatic rings. The summed E-state index contributed by atoms with van der Waals surface area (Å²) in [7, 11) is 2.11. The van der Waals surface area contributed by atoms with Crippen molar-refractivity contribution in [3.05, 3.63) is 0 Å². The molecule has 3 atom stereocenters. The van der Waals surface area contributed by atoms with Crippen LogP contribution < -0.4 is 0 Å². The van der Waals surface area contributed by atoms with Crippen LogP contribution in [0, 0.1) is 0 Å². The number of likely N-dealkylation sites (N-methyl/N-ethyl adjacent to an activating group) is 1. The highest BCUT2D eigenvalue weighted by Gasteiger charge is 2.27. The summed E-state index contributed by atoms with van der Waals surface area (Å²) in [6.07, 6.45) is -0.821. The highest BCUT2D eigenvalue weighted by molar-refractivity contribution is 4.83. The van der Waals surface area contributed by atoms with Gasteiger partial charge in [-0.05, 0) is 20.9 Å². The van der Waals surface area contributed by atoms with Crippen LogP contribution >= 0.6 is 0 Å². The lowest BCUT2D eigenvalue weighted by atomic mass is 10.1. The van der Waals surface area contributed by atoms with Gasteiger partial charge in [0.1, 0.15) is 6.67 Å². The number of β-amino-alcohol motifs (C(OH)–C–C–N with tert-alkyl or cyclic N) is 1. The monoisotopic (exact) mass is 204 g/mol.